The van der Waals surface area contributed by atoms with Crippen LogP contribution in [0.25, 0.3) is 0 Å². The SMILES string of the molecule is CCCCCCCC/C=C\CCCCCCCC(=O)NC(C)COC(=O)CCNC(=O)[C@H]1OC(C)(C)OCC1(C)C. The van der Waals surface area contributed by atoms with E-state index in [-0.39, 0.29) is 37.4 Å². The van der Waals surface area contributed by atoms with Crippen LogP contribution in [-0.2, 0) is 28.6 Å². The molecular formula is C33H60N2O6. The highest BCUT2D eigenvalue weighted by molar-refractivity contribution is 5.82. The smallest absolute Gasteiger partial charge is 0.307 e. The summed E-state index contributed by atoms with van der Waals surface area (Å²) in [6.45, 7) is 12.1. The molecule has 8 heteroatoms. The second kappa shape index (κ2) is 20.9. The third-order valence-electron chi connectivity index (χ3n) is 7.34. The number of esters is 1. The highest BCUT2D eigenvalue weighted by Crippen LogP contribution is 2.34. The number of hydrogen-bond donors (Lipinski definition) is 2. The fourth-order valence-electron chi connectivity index (χ4n) is 4.74. The van der Waals surface area contributed by atoms with E-state index >= 15 is 0 Å². The molecule has 0 aliphatic carbocycles. The van der Waals surface area contributed by atoms with E-state index in [4.69, 9.17) is 14.2 Å². The number of rotatable bonds is 22. The van der Waals surface area contributed by atoms with Crippen molar-refractivity contribution in [2.45, 2.75) is 156 Å². The normalized spacial score (nSPS) is 18.6. The van der Waals surface area contributed by atoms with Crippen LogP contribution >= 0.6 is 0 Å². The summed E-state index contributed by atoms with van der Waals surface area (Å²) in [6, 6.07) is -0.261. The van der Waals surface area contributed by atoms with Crippen molar-refractivity contribution in [3.63, 3.8) is 0 Å². The van der Waals surface area contributed by atoms with Gasteiger partial charge in [0, 0.05) is 18.4 Å². The van der Waals surface area contributed by atoms with E-state index in [1.165, 1.54) is 57.8 Å². The monoisotopic (exact) mass is 580 g/mol. The molecule has 0 bridgehead atoms. The van der Waals surface area contributed by atoms with Gasteiger partial charge >= 0.3 is 5.97 Å². The standard InChI is InChI=1S/C33H60N2O6/c1-7-8-9-10-11-12-13-14-15-16-17-18-19-20-21-22-28(36)35-27(2)25-39-29(37)23-24-34-31(38)30-32(3,4)26-40-33(5,6)41-30/h14-15,27,30H,7-13,16-26H2,1-6H3,(H,34,38)(H,35,36)/b15-14-/t27?,30-/m1/s1. The lowest BCUT2D eigenvalue weighted by Crippen LogP contribution is -2.56. The Morgan fingerprint density at radius 3 is 2.10 bits per heavy atom. The summed E-state index contributed by atoms with van der Waals surface area (Å²) in [5.41, 5.74) is -0.474. The van der Waals surface area contributed by atoms with E-state index in [1.807, 2.05) is 20.8 Å². The quantitative estimate of drug-likeness (QED) is 0.0834. The molecule has 1 aliphatic rings. The van der Waals surface area contributed by atoms with Gasteiger partial charge < -0.3 is 24.8 Å². The van der Waals surface area contributed by atoms with E-state index in [9.17, 15) is 14.4 Å². The van der Waals surface area contributed by atoms with Gasteiger partial charge in [-0.15, -0.1) is 0 Å². The molecule has 2 amide bonds. The Labute approximate surface area is 250 Å². The topological polar surface area (TPSA) is 103 Å². The van der Waals surface area contributed by atoms with Gasteiger partial charge in [0.15, 0.2) is 5.79 Å². The third-order valence-corrected chi connectivity index (χ3v) is 7.34. The molecule has 1 heterocycles. The summed E-state index contributed by atoms with van der Waals surface area (Å²) < 4.78 is 16.7. The zero-order valence-corrected chi connectivity index (χ0v) is 27.0. The summed E-state index contributed by atoms with van der Waals surface area (Å²) in [6.07, 6.45) is 20.5. The first-order chi connectivity index (χ1) is 19.5. The number of allylic oxidation sites excluding steroid dienone is 2. The van der Waals surface area contributed by atoms with Crippen LogP contribution in [0.1, 0.15) is 138 Å². The third kappa shape index (κ3) is 18.3. The minimum Gasteiger partial charge on any atom is -0.463 e. The molecule has 1 aliphatic heterocycles. The molecule has 0 aromatic heterocycles. The molecule has 1 rings (SSSR count). The first-order valence-corrected chi connectivity index (χ1v) is 16.2. The van der Waals surface area contributed by atoms with Crippen LogP contribution in [0.4, 0.5) is 0 Å². The van der Waals surface area contributed by atoms with E-state index in [0.29, 0.717) is 13.0 Å². The van der Waals surface area contributed by atoms with Crippen molar-refractivity contribution in [1.82, 2.24) is 10.6 Å². The van der Waals surface area contributed by atoms with E-state index in [2.05, 4.69) is 29.7 Å². The van der Waals surface area contributed by atoms with Gasteiger partial charge in [0.25, 0.3) is 0 Å². The molecule has 0 spiro atoms. The molecule has 0 saturated carbocycles. The van der Waals surface area contributed by atoms with Gasteiger partial charge in [0.2, 0.25) is 11.8 Å². The summed E-state index contributed by atoms with van der Waals surface area (Å²) in [5.74, 6) is -1.53. The van der Waals surface area contributed by atoms with Crippen LogP contribution in [0.3, 0.4) is 0 Å². The van der Waals surface area contributed by atoms with Crippen molar-refractivity contribution in [3.05, 3.63) is 12.2 Å². The lowest BCUT2D eigenvalue weighted by molar-refractivity contribution is -0.304. The van der Waals surface area contributed by atoms with Gasteiger partial charge in [-0.3, -0.25) is 14.4 Å². The Hall–Kier alpha value is -1.93. The molecule has 1 unspecified atom stereocenters. The maximum absolute atomic E-state index is 12.6. The molecule has 238 valence electrons. The molecule has 2 atom stereocenters. The van der Waals surface area contributed by atoms with Crippen molar-refractivity contribution >= 4 is 17.8 Å². The number of nitrogens with one attached hydrogen (secondary N) is 2. The number of carbonyl (C=O) groups is 3. The first-order valence-electron chi connectivity index (χ1n) is 16.2. The molecule has 1 saturated heterocycles. The summed E-state index contributed by atoms with van der Waals surface area (Å²) in [7, 11) is 0. The summed E-state index contributed by atoms with van der Waals surface area (Å²) >= 11 is 0. The number of amides is 2. The maximum Gasteiger partial charge on any atom is 0.307 e. The van der Waals surface area contributed by atoms with Gasteiger partial charge in [-0.1, -0.05) is 84.3 Å². The fourth-order valence-corrected chi connectivity index (χ4v) is 4.74. The van der Waals surface area contributed by atoms with Crippen molar-refractivity contribution < 1.29 is 28.6 Å². The van der Waals surface area contributed by atoms with Gasteiger partial charge in [-0.05, 0) is 52.9 Å². The van der Waals surface area contributed by atoms with Crippen molar-refractivity contribution in [1.29, 1.82) is 0 Å². The van der Waals surface area contributed by atoms with Crippen LogP contribution in [0, 0.1) is 5.41 Å². The number of unbranched alkanes of at least 4 members (excludes halogenated alkanes) is 11. The lowest BCUT2D eigenvalue weighted by Gasteiger charge is -2.44. The van der Waals surface area contributed by atoms with Crippen molar-refractivity contribution in [2.75, 3.05) is 19.8 Å². The molecular weight excluding hydrogens is 520 g/mol. The molecule has 0 aromatic carbocycles. The molecule has 41 heavy (non-hydrogen) atoms. The van der Waals surface area contributed by atoms with Crippen LogP contribution < -0.4 is 10.6 Å². The predicted molar refractivity (Wildman–Crippen MR) is 164 cm³/mol. The number of carbonyl (C=O) groups excluding carboxylic acids is 3. The number of hydrogen-bond acceptors (Lipinski definition) is 6. The summed E-state index contributed by atoms with van der Waals surface area (Å²) in [4.78, 5) is 36.9. The molecule has 8 nitrogen and oxygen atoms in total. The molecule has 1 fully saturated rings. The zero-order valence-electron chi connectivity index (χ0n) is 27.0. The highest BCUT2D eigenvalue weighted by Gasteiger charge is 2.45. The fraction of sp³-hybridized carbons (Fsp3) is 0.848. The second-order valence-corrected chi connectivity index (χ2v) is 12.7. The van der Waals surface area contributed by atoms with E-state index in [1.54, 1.807) is 13.8 Å². The van der Waals surface area contributed by atoms with Gasteiger partial charge in [-0.25, -0.2) is 0 Å². The Morgan fingerprint density at radius 2 is 1.46 bits per heavy atom. The van der Waals surface area contributed by atoms with E-state index < -0.39 is 23.3 Å². The lowest BCUT2D eigenvalue weighted by atomic mass is 9.85. The minimum absolute atomic E-state index is 0.0135. The number of ether oxygens (including phenoxy) is 3. The van der Waals surface area contributed by atoms with Crippen LogP contribution in [-0.4, -0.2) is 55.5 Å². The highest BCUT2D eigenvalue weighted by atomic mass is 16.7. The summed E-state index contributed by atoms with van der Waals surface area (Å²) in [5, 5.41) is 5.66. The Balaban J connectivity index is 2.02. The predicted octanol–water partition coefficient (Wildman–Crippen LogP) is 6.76. The largest absolute Gasteiger partial charge is 0.463 e. The Bertz CT molecular complexity index is 780. The first kappa shape index (κ1) is 37.1. The van der Waals surface area contributed by atoms with Crippen molar-refractivity contribution in [3.8, 4) is 0 Å². The average Bonchev–Trinajstić information content (AvgIpc) is 2.91. The molecule has 0 radical (unpaired) electrons. The zero-order chi connectivity index (χ0) is 30.6. The molecule has 2 N–H and O–H groups in total. The second-order valence-electron chi connectivity index (χ2n) is 12.7. The maximum atomic E-state index is 12.6. The Morgan fingerprint density at radius 1 is 0.878 bits per heavy atom. The molecule has 0 aromatic rings. The van der Waals surface area contributed by atoms with Gasteiger partial charge in [0.05, 0.1) is 19.1 Å². The van der Waals surface area contributed by atoms with Gasteiger partial charge in [-0.2, -0.15) is 0 Å². The van der Waals surface area contributed by atoms with Crippen LogP contribution in [0.15, 0.2) is 12.2 Å². The van der Waals surface area contributed by atoms with Gasteiger partial charge in [0.1, 0.15) is 12.7 Å². The Kier molecular flexibility index (Phi) is 18.9. The van der Waals surface area contributed by atoms with Crippen LogP contribution in [0.5, 0.6) is 0 Å². The minimum atomic E-state index is -0.832. The average molecular weight is 581 g/mol. The van der Waals surface area contributed by atoms with E-state index in [0.717, 1.165) is 25.7 Å². The van der Waals surface area contributed by atoms with Crippen molar-refractivity contribution in [2.24, 2.45) is 5.41 Å². The van der Waals surface area contributed by atoms with Crippen LogP contribution in [0.2, 0.25) is 0 Å².